The van der Waals surface area contributed by atoms with E-state index in [1.807, 2.05) is 163 Å². The van der Waals surface area contributed by atoms with Crippen LogP contribution < -0.4 is 29.5 Å². The molecular formula is C83H88ClF2N21O3. The maximum atomic E-state index is 14.1. The van der Waals surface area contributed by atoms with Crippen LogP contribution in [0.5, 0.6) is 11.5 Å². The molecule has 7 aliphatic rings. The average molecular weight is 1500 g/mol. The Labute approximate surface area is 642 Å². The van der Waals surface area contributed by atoms with Gasteiger partial charge in [0.25, 0.3) is 0 Å². The molecule has 12 aromatic rings. The van der Waals surface area contributed by atoms with E-state index in [-0.39, 0.29) is 17.6 Å². The molecule has 0 aliphatic carbocycles. The Kier molecular flexibility index (Phi) is 22.0. The second kappa shape index (κ2) is 32.8. The van der Waals surface area contributed by atoms with Crippen molar-refractivity contribution in [3.05, 3.63) is 248 Å². The second-order valence-corrected chi connectivity index (χ2v) is 29.7. The summed E-state index contributed by atoms with van der Waals surface area (Å²) in [6.07, 6.45) is 11.4. The van der Waals surface area contributed by atoms with Gasteiger partial charge in [0.05, 0.1) is 53.4 Å². The number of piperazine rings is 2. The van der Waals surface area contributed by atoms with E-state index < -0.39 is 11.6 Å². The summed E-state index contributed by atoms with van der Waals surface area (Å²) in [6, 6.07) is 44.4. The lowest BCUT2D eigenvalue weighted by molar-refractivity contribution is -0.120. The number of fused-ring (bicyclic) bond motifs is 4. The number of carbonyl (C=O) groups excluding carboxylic acids is 1. The van der Waals surface area contributed by atoms with Crippen LogP contribution in [0.25, 0.3) is 34.2 Å². The topological polar surface area (TPSA) is 266 Å². The highest BCUT2D eigenvalue weighted by atomic mass is 35.5. The van der Waals surface area contributed by atoms with Crippen molar-refractivity contribution in [1.82, 2.24) is 85.2 Å². The molecule has 0 radical (unpaired) electrons. The molecule has 3 aromatic carbocycles. The first-order valence-electron chi connectivity index (χ1n) is 37.3. The van der Waals surface area contributed by atoms with Gasteiger partial charge in [-0.15, -0.1) is 0 Å². The maximum absolute atomic E-state index is 14.1. The molecule has 27 heteroatoms. The third-order valence-electron chi connectivity index (χ3n) is 20.9. The van der Waals surface area contributed by atoms with Gasteiger partial charge in [0.1, 0.15) is 23.2 Å². The van der Waals surface area contributed by atoms with Gasteiger partial charge in [-0.2, -0.15) is 15.3 Å². The molecule has 4 bridgehead atoms. The number of benzene rings is 3. The van der Waals surface area contributed by atoms with Crippen molar-refractivity contribution >= 4 is 40.6 Å². The molecule has 24 nitrogen and oxygen atoms in total. The Bertz CT molecular complexity index is 5160. The number of ether oxygens (including phenoxy) is 2. The monoisotopic (exact) mass is 1500 g/mol. The number of H-pyrrole nitrogens is 3. The van der Waals surface area contributed by atoms with Crippen molar-refractivity contribution in [1.29, 1.82) is 0 Å². The van der Waals surface area contributed by atoms with Crippen LogP contribution in [0.1, 0.15) is 105 Å². The van der Waals surface area contributed by atoms with E-state index in [0.29, 0.717) is 78.0 Å². The fraction of sp³-hybridized carbons (Fsp3) is 0.337. The summed E-state index contributed by atoms with van der Waals surface area (Å²) in [6.45, 7) is 18.5. The number of aryl methyl sites for hydroxylation is 6. The zero-order chi connectivity index (χ0) is 76.1. The van der Waals surface area contributed by atoms with Crippen molar-refractivity contribution in [3.63, 3.8) is 0 Å². The smallest absolute Gasteiger partial charge is 0.227 e. The lowest BCUT2D eigenvalue weighted by Crippen LogP contribution is -2.68. The zero-order valence-corrected chi connectivity index (χ0v) is 63.6. The summed E-state index contributed by atoms with van der Waals surface area (Å²) < 4.78 is 38.4. The summed E-state index contributed by atoms with van der Waals surface area (Å²) in [7, 11) is 2.91. The zero-order valence-electron chi connectivity index (χ0n) is 62.9. The Morgan fingerprint density at radius 3 is 1.27 bits per heavy atom. The number of amides is 1. The van der Waals surface area contributed by atoms with Gasteiger partial charge in [-0.05, 0) is 188 Å². The Morgan fingerprint density at radius 2 is 0.900 bits per heavy atom. The van der Waals surface area contributed by atoms with Crippen molar-refractivity contribution < 1.29 is 23.0 Å². The number of carbonyl (C=O) groups is 1. The molecule has 7 aliphatic heterocycles. The minimum atomic E-state index is -0.667. The highest BCUT2D eigenvalue weighted by molar-refractivity contribution is 6.32. The van der Waals surface area contributed by atoms with Crippen LogP contribution in [0.3, 0.4) is 0 Å². The van der Waals surface area contributed by atoms with Crippen molar-refractivity contribution in [2.45, 2.75) is 124 Å². The van der Waals surface area contributed by atoms with Crippen LogP contribution in [-0.2, 0) is 37.1 Å². The molecule has 4 N–H and O–H groups in total. The van der Waals surface area contributed by atoms with E-state index in [0.717, 1.165) is 179 Å². The number of piperidine rings is 3. The molecule has 9 aromatic heterocycles. The van der Waals surface area contributed by atoms with Crippen LogP contribution >= 0.6 is 11.6 Å². The van der Waals surface area contributed by atoms with E-state index in [9.17, 15) is 13.6 Å². The van der Waals surface area contributed by atoms with Crippen LogP contribution in [0.2, 0.25) is 5.02 Å². The number of pyridine rings is 3. The highest BCUT2D eigenvalue weighted by Gasteiger charge is 2.46. The van der Waals surface area contributed by atoms with Crippen LogP contribution in [0, 0.1) is 59.1 Å². The van der Waals surface area contributed by atoms with Crippen molar-refractivity contribution in [2.75, 3.05) is 73.5 Å². The minimum Gasteiger partial charge on any atom is -0.495 e. The van der Waals surface area contributed by atoms with Crippen LogP contribution in [0.4, 0.5) is 31.9 Å². The van der Waals surface area contributed by atoms with Crippen molar-refractivity contribution in [3.8, 4) is 45.7 Å². The summed E-state index contributed by atoms with van der Waals surface area (Å²) in [5, 5.41) is 25.6. The normalized spacial score (nSPS) is 17.5. The number of anilines is 4. The van der Waals surface area contributed by atoms with Gasteiger partial charge in [0, 0.05) is 177 Å². The first-order valence-corrected chi connectivity index (χ1v) is 37.6. The SMILES string of the molecule is COc1c(F)cc(CN2C3CC2CN(c2ccc(-c4nc(C)cc(Cc5cc(C)[nH]n5)n4)cn2)C3)cc1F.COc1ccc(CN2C3CC2CN(c2ccc(-c4nc(C)cc(Cc5cc(C)[nH]n5)n4)cn2)C3)cc1Cl.Cc1cc(Cc2cc(C)[nH]n2)nc(-c2ccc(N3CCC(C(=O)Nc4ccccc4)CC3)nc2)n1. The van der Waals surface area contributed by atoms with Gasteiger partial charge in [0.15, 0.2) is 34.9 Å². The molecule has 7 fully saturated rings. The number of nitrogens with one attached hydrogen (secondary N) is 4. The molecule has 19 rings (SSSR count). The second-order valence-electron chi connectivity index (χ2n) is 29.3. The van der Waals surface area contributed by atoms with Gasteiger partial charge in [-0.3, -0.25) is 29.9 Å². The summed E-state index contributed by atoms with van der Waals surface area (Å²) in [5.41, 5.74) is 16.9. The maximum Gasteiger partial charge on any atom is 0.227 e. The number of hydrogen-bond acceptors (Lipinski definition) is 20. The van der Waals surface area contributed by atoms with Gasteiger partial charge in [-0.25, -0.2) is 53.6 Å². The van der Waals surface area contributed by atoms with E-state index in [4.69, 9.17) is 51.0 Å². The number of nitrogens with zero attached hydrogens (tertiary/aromatic N) is 17. The van der Waals surface area contributed by atoms with E-state index in [1.54, 1.807) is 7.11 Å². The highest BCUT2D eigenvalue weighted by Crippen LogP contribution is 2.39. The molecule has 4 unspecified atom stereocenters. The van der Waals surface area contributed by atoms with E-state index >= 15 is 0 Å². The number of aromatic amines is 3. The first-order chi connectivity index (χ1) is 53.3. The molecule has 4 atom stereocenters. The standard InChI is InChI=1S/C28H30ClN7O.C28H29F2N7O.C27H29N7O/c1-17-8-21(11-22-9-18(2)33-34-22)32-28(31-17)20-5-7-27(30-13-20)35-15-23-12-24(16-35)36(23)14-19-4-6-26(37-3)25(29)10-19;1-16-6-20(10-21-7-17(2)34-35-21)33-28(32-16)19-4-5-26(31-12-19)36-14-22-11-23(15-36)37(22)13-18-8-24(29)27(38-3)25(30)9-18;1-18-14-23(16-24-15-19(2)32-33-24)30-26(29-18)21-8-9-25(28-17-21)34-12-10-20(11-13-34)27(35)31-22-6-4-3-5-7-22/h4-10,13,23-24H,11-12,14-16H2,1-3H3,(H,33,34);4-9,12,22-23H,10-11,13-15H2,1-3H3,(H,34,35);3-9,14-15,17,20H,10-13,16H2,1-2H3,(H,31,35)(H,32,33). The average Bonchev–Trinajstić information content (AvgIpc) is 0.987. The van der Waals surface area contributed by atoms with Crippen LogP contribution in [-0.4, -0.2) is 169 Å². The lowest BCUT2D eigenvalue weighted by Gasteiger charge is -2.56. The molecule has 1 amide bonds. The minimum absolute atomic E-state index is 0.0168. The van der Waals surface area contributed by atoms with Gasteiger partial charge < -0.3 is 29.5 Å². The molecule has 7 saturated heterocycles. The molecule has 0 spiro atoms. The first kappa shape index (κ1) is 74.0. The van der Waals surface area contributed by atoms with E-state index in [1.165, 1.54) is 31.2 Å². The molecule has 564 valence electrons. The predicted octanol–water partition coefficient (Wildman–Crippen LogP) is 13.1. The summed E-state index contributed by atoms with van der Waals surface area (Å²) in [4.78, 5) is 66.8. The Balaban J connectivity index is 0.000000131. The van der Waals surface area contributed by atoms with Crippen molar-refractivity contribution in [2.24, 2.45) is 5.92 Å². The number of hydrogen-bond donors (Lipinski definition) is 4. The third-order valence-corrected chi connectivity index (χ3v) is 21.2. The van der Waals surface area contributed by atoms with Gasteiger partial charge >= 0.3 is 0 Å². The Morgan fingerprint density at radius 1 is 0.482 bits per heavy atom. The van der Waals surface area contributed by atoms with Crippen LogP contribution in [0.15, 0.2) is 152 Å². The quantitative estimate of drug-likeness (QED) is 0.0552. The van der Waals surface area contributed by atoms with E-state index in [2.05, 4.69) is 93.6 Å². The van der Waals surface area contributed by atoms with Gasteiger partial charge in [-0.1, -0.05) is 35.9 Å². The molecule has 16 heterocycles. The molecule has 0 saturated carbocycles. The summed E-state index contributed by atoms with van der Waals surface area (Å²) in [5.74, 6) is 4.01. The number of rotatable bonds is 20. The summed E-state index contributed by atoms with van der Waals surface area (Å²) >= 11 is 6.34. The largest absolute Gasteiger partial charge is 0.495 e. The number of halogens is 3. The predicted molar refractivity (Wildman–Crippen MR) is 419 cm³/mol. The molecular weight excluding hydrogens is 1410 g/mol. The molecule has 110 heavy (non-hydrogen) atoms. The third kappa shape index (κ3) is 17.5. The number of para-hydroxylation sites is 1. The number of aromatic nitrogens is 15. The lowest BCUT2D eigenvalue weighted by atomic mass is 9.86. The fourth-order valence-corrected chi connectivity index (χ4v) is 15.7. The fourth-order valence-electron chi connectivity index (χ4n) is 15.5. The Hall–Kier alpha value is -11.5. The number of methoxy groups -OCH3 is 2. The van der Waals surface area contributed by atoms with Gasteiger partial charge in [0.2, 0.25) is 5.91 Å².